The van der Waals surface area contributed by atoms with Gasteiger partial charge in [0, 0.05) is 42.5 Å². The lowest BCUT2D eigenvalue weighted by atomic mass is 9.61. The number of aliphatic hydroxyl groups is 1. The van der Waals surface area contributed by atoms with Gasteiger partial charge in [0.15, 0.2) is 11.5 Å². The SMILES string of the molecule is Cc1ccc(S(=O)(=O)Oc2cc3c(cc2OS(=O)(=O)c2ccc(C)cc2)[C@]2(O)CCN4CC=C[C@@]56CC[C@H]2[C@@]45N3C(=O)C6)cc1. The summed E-state index contributed by atoms with van der Waals surface area (Å²) >= 11 is 0. The topological polar surface area (TPSA) is 131 Å². The molecule has 0 radical (unpaired) electrons. The van der Waals surface area contributed by atoms with Crippen molar-refractivity contribution in [1.29, 1.82) is 0 Å². The standard InChI is InChI=1S/C33H32N2O8S2/c1-21-4-8-23(9-5-21)44(38,39)42-27-18-25-26(19-28(27)43-45(40,41)24-10-6-22(2)7-11-24)35-30(36)20-31-13-3-16-34-17-15-32(25,37)29(12-14-31)33(31,34)35/h3-11,13,18-19,29,37H,12,14-17,20H2,1-2H3/t29-,31+,32-,33+/m1/s1. The van der Waals surface area contributed by atoms with Crippen molar-refractivity contribution in [2.24, 2.45) is 11.3 Å². The Balaban J connectivity index is 1.34. The van der Waals surface area contributed by atoms with E-state index in [-0.39, 0.29) is 28.0 Å². The third-order valence-corrected chi connectivity index (χ3v) is 13.0. The van der Waals surface area contributed by atoms with Crippen molar-refractivity contribution in [3.05, 3.63) is 89.5 Å². The van der Waals surface area contributed by atoms with Gasteiger partial charge in [0.2, 0.25) is 5.91 Å². The maximum absolute atomic E-state index is 14.0. The number of carbonyl (C=O) groups excluding carboxylic acids is 1. The number of rotatable bonds is 6. The van der Waals surface area contributed by atoms with E-state index in [0.717, 1.165) is 11.1 Å². The highest BCUT2D eigenvalue weighted by Crippen LogP contribution is 2.72. The Labute approximate surface area is 262 Å². The minimum Gasteiger partial charge on any atom is -0.385 e. The van der Waals surface area contributed by atoms with Gasteiger partial charge in [0.1, 0.15) is 15.5 Å². The van der Waals surface area contributed by atoms with Gasteiger partial charge in [-0.15, -0.1) is 0 Å². The normalized spacial score (nSPS) is 29.8. The van der Waals surface area contributed by atoms with E-state index in [1.54, 1.807) is 29.2 Å². The summed E-state index contributed by atoms with van der Waals surface area (Å²) in [5.41, 5.74) is -0.416. The molecule has 0 aromatic heterocycles. The third-order valence-electron chi connectivity index (χ3n) is 10.5. The van der Waals surface area contributed by atoms with E-state index in [1.807, 2.05) is 13.8 Å². The lowest BCUT2D eigenvalue weighted by molar-refractivity contribution is -0.160. The van der Waals surface area contributed by atoms with Crippen molar-refractivity contribution in [2.75, 3.05) is 18.0 Å². The van der Waals surface area contributed by atoms with E-state index in [1.165, 1.54) is 36.4 Å². The van der Waals surface area contributed by atoms with Gasteiger partial charge >= 0.3 is 20.2 Å². The van der Waals surface area contributed by atoms with Gasteiger partial charge in [-0.05, 0) is 63.4 Å². The van der Waals surface area contributed by atoms with E-state index >= 15 is 0 Å². The van der Waals surface area contributed by atoms with Gasteiger partial charge in [0.05, 0.1) is 11.3 Å². The van der Waals surface area contributed by atoms with Crippen molar-refractivity contribution < 1.29 is 35.1 Å². The first-order valence-electron chi connectivity index (χ1n) is 15.0. The Hall–Kier alpha value is -3.71. The smallest absolute Gasteiger partial charge is 0.339 e. The van der Waals surface area contributed by atoms with Crippen molar-refractivity contribution in [2.45, 2.75) is 60.6 Å². The van der Waals surface area contributed by atoms with Crippen molar-refractivity contribution in [1.82, 2.24) is 4.90 Å². The minimum atomic E-state index is -4.46. The molecule has 3 aromatic carbocycles. The Kier molecular flexibility index (Phi) is 5.87. The second-order valence-electron chi connectivity index (χ2n) is 12.9. The molecule has 4 aliphatic heterocycles. The molecule has 2 saturated heterocycles. The first-order chi connectivity index (χ1) is 21.3. The summed E-state index contributed by atoms with van der Waals surface area (Å²) < 4.78 is 65.5. The molecule has 1 amide bonds. The minimum absolute atomic E-state index is 0.131. The van der Waals surface area contributed by atoms with Gasteiger partial charge < -0.3 is 13.5 Å². The molecule has 5 aliphatic rings. The number of benzene rings is 3. The highest BCUT2D eigenvalue weighted by molar-refractivity contribution is 7.87. The van der Waals surface area contributed by atoms with Crippen LogP contribution in [0.2, 0.25) is 0 Å². The highest BCUT2D eigenvalue weighted by Gasteiger charge is 2.78. The molecule has 1 saturated carbocycles. The fraction of sp³-hybridized carbons (Fsp3) is 0.364. The second kappa shape index (κ2) is 9.18. The van der Waals surface area contributed by atoms with E-state index in [9.17, 15) is 26.7 Å². The van der Waals surface area contributed by atoms with E-state index in [2.05, 4.69) is 17.1 Å². The number of hydrogen-bond acceptors (Lipinski definition) is 9. The Bertz CT molecular complexity index is 2030. The average molecular weight is 649 g/mol. The van der Waals surface area contributed by atoms with Crippen LogP contribution in [0.3, 0.4) is 0 Å². The summed E-state index contributed by atoms with van der Waals surface area (Å²) in [5, 5.41) is 12.6. The van der Waals surface area contributed by atoms with Crippen molar-refractivity contribution in [3.8, 4) is 11.5 Å². The number of nitrogens with zero attached hydrogens (tertiary/aromatic N) is 2. The predicted molar refractivity (Wildman–Crippen MR) is 164 cm³/mol. The third kappa shape index (κ3) is 3.76. The summed E-state index contributed by atoms with van der Waals surface area (Å²) in [5.74, 6) is -1.28. The monoisotopic (exact) mass is 648 g/mol. The van der Waals surface area contributed by atoms with Crippen LogP contribution in [0.25, 0.3) is 0 Å². The highest BCUT2D eigenvalue weighted by atomic mass is 32.2. The summed E-state index contributed by atoms with van der Waals surface area (Å²) in [4.78, 5) is 17.7. The fourth-order valence-electron chi connectivity index (χ4n) is 8.66. The molecule has 234 valence electrons. The number of amides is 1. The molecule has 12 heteroatoms. The largest absolute Gasteiger partial charge is 0.385 e. The van der Waals surface area contributed by atoms with Gasteiger partial charge in [-0.3, -0.25) is 14.6 Å². The van der Waals surface area contributed by atoms with Crippen LogP contribution in [0.4, 0.5) is 5.69 Å². The molecule has 1 N–H and O–H groups in total. The second-order valence-corrected chi connectivity index (χ2v) is 16.0. The van der Waals surface area contributed by atoms with Crippen molar-refractivity contribution >= 4 is 31.8 Å². The quantitative estimate of drug-likeness (QED) is 0.310. The molecule has 45 heavy (non-hydrogen) atoms. The molecule has 4 heterocycles. The number of hydrogen-bond donors (Lipinski definition) is 1. The van der Waals surface area contributed by atoms with Crippen LogP contribution in [-0.2, 0) is 30.6 Å². The molecule has 3 aromatic rings. The van der Waals surface area contributed by atoms with E-state index < -0.39 is 48.4 Å². The molecular formula is C33H32N2O8S2. The summed E-state index contributed by atoms with van der Waals surface area (Å²) in [6.45, 7) is 4.79. The van der Waals surface area contributed by atoms with Gasteiger partial charge in [-0.2, -0.15) is 16.8 Å². The molecule has 3 fully saturated rings. The molecule has 1 spiro atoms. The zero-order valence-electron chi connectivity index (χ0n) is 24.8. The Morgan fingerprint density at radius 2 is 1.42 bits per heavy atom. The average Bonchev–Trinajstić information content (AvgIpc) is 3.46. The molecular weight excluding hydrogens is 617 g/mol. The van der Waals surface area contributed by atoms with Crippen LogP contribution < -0.4 is 13.3 Å². The van der Waals surface area contributed by atoms with Gasteiger partial charge in [0.25, 0.3) is 0 Å². The number of aryl methyl sites for hydroxylation is 2. The fourth-order valence-corrected chi connectivity index (χ4v) is 10.5. The summed E-state index contributed by atoms with van der Waals surface area (Å²) in [7, 11) is -8.92. The van der Waals surface area contributed by atoms with Crippen LogP contribution in [0, 0.1) is 25.2 Å². The van der Waals surface area contributed by atoms with Crippen LogP contribution in [0.5, 0.6) is 11.5 Å². The number of piperidine rings is 1. The van der Waals surface area contributed by atoms with Crippen molar-refractivity contribution in [3.63, 3.8) is 0 Å². The first kappa shape index (κ1) is 28.7. The van der Waals surface area contributed by atoms with Crippen LogP contribution in [-0.4, -0.2) is 51.5 Å². The first-order valence-corrected chi connectivity index (χ1v) is 17.8. The van der Waals surface area contributed by atoms with Crippen LogP contribution in [0.15, 0.2) is 82.6 Å². The summed E-state index contributed by atoms with van der Waals surface area (Å²) in [6, 6.07) is 14.8. The lowest BCUT2D eigenvalue weighted by Gasteiger charge is -2.65. The van der Waals surface area contributed by atoms with E-state index in [4.69, 9.17) is 8.37 Å². The number of carbonyl (C=O) groups is 1. The molecule has 0 unspecified atom stereocenters. The molecule has 2 bridgehead atoms. The maximum atomic E-state index is 14.0. The number of anilines is 1. The predicted octanol–water partition coefficient (Wildman–Crippen LogP) is 4.14. The van der Waals surface area contributed by atoms with Gasteiger partial charge in [-0.25, -0.2) is 0 Å². The Morgan fingerprint density at radius 1 is 0.844 bits per heavy atom. The van der Waals surface area contributed by atoms with Crippen LogP contribution >= 0.6 is 0 Å². The maximum Gasteiger partial charge on any atom is 0.339 e. The zero-order chi connectivity index (χ0) is 31.6. The molecule has 1 aliphatic carbocycles. The Morgan fingerprint density at radius 3 is 2.02 bits per heavy atom. The number of fused-ring (bicyclic) bond motifs is 3. The zero-order valence-corrected chi connectivity index (χ0v) is 26.4. The van der Waals surface area contributed by atoms with Gasteiger partial charge in [-0.1, -0.05) is 47.5 Å². The van der Waals surface area contributed by atoms with Crippen LogP contribution in [0.1, 0.15) is 42.4 Å². The van der Waals surface area contributed by atoms with E-state index in [0.29, 0.717) is 43.6 Å². The molecule has 10 nitrogen and oxygen atoms in total. The summed E-state index contributed by atoms with van der Waals surface area (Å²) in [6.07, 6.45) is 6.20. The molecule has 8 rings (SSSR count). The lowest BCUT2D eigenvalue weighted by Crippen LogP contribution is -2.76. The molecule has 4 atom stereocenters.